The molecule has 1 aliphatic rings. The number of rotatable bonds is 6. The molecule has 37 heavy (non-hydrogen) atoms. The molecular formula is C29H30F2N2O3S. The highest BCUT2D eigenvalue weighted by atomic mass is 32.2. The van der Waals surface area contributed by atoms with E-state index in [4.69, 9.17) is 4.18 Å². The van der Waals surface area contributed by atoms with E-state index in [2.05, 4.69) is 41.8 Å². The van der Waals surface area contributed by atoms with Crippen LogP contribution in [0.5, 0.6) is 5.75 Å². The van der Waals surface area contributed by atoms with Gasteiger partial charge in [0.2, 0.25) is 0 Å². The highest BCUT2D eigenvalue weighted by Gasteiger charge is 2.28. The minimum absolute atomic E-state index is 0.0342. The molecule has 1 aliphatic heterocycles. The molecule has 5 rings (SSSR count). The molecule has 0 N–H and O–H groups in total. The van der Waals surface area contributed by atoms with Crippen molar-refractivity contribution in [3.05, 3.63) is 95.2 Å². The maximum absolute atomic E-state index is 14.3. The average molecular weight is 525 g/mol. The standard InChI is InChI=1S/C29H30F2N2O3S/c1-19-16-23(36-37(34,35)29-26(30)10-7-11-27(29)31)17-24-25(22-12-14-32(3)15-13-22)18-33(28(19)24)20(2)21-8-5-4-6-9-21/h4-11,16-18,20,22H,12-15H2,1-3H3. The molecule has 0 aliphatic carbocycles. The van der Waals surface area contributed by atoms with Crippen LogP contribution in [0, 0.1) is 18.6 Å². The van der Waals surface area contributed by atoms with Crippen molar-refractivity contribution in [2.24, 2.45) is 0 Å². The lowest BCUT2D eigenvalue weighted by Crippen LogP contribution is -2.29. The van der Waals surface area contributed by atoms with E-state index in [9.17, 15) is 17.2 Å². The first-order valence-electron chi connectivity index (χ1n) is 12.4. The highest BCUT2D eigenvalue weighted by Crippen LogP contribution is 2.40. The molecule has 1 fully saturated rings. The maximum Gasteiger partial charge on any atom is 0.345 e. The normalized spacial score (nSPS) is 16.2. The van der Waals surface area contributed by atoms with Crippen molar-refractivity contribution in [2.45, 2.75) is 43.5 Å². The van der Waals surface area contributed by atoms with E-state index in [-0.39, 0.29) is 11.8 Å². The first-order valence-corrected chi connectivity index (χ1v) is 13.8. The summed E-state index contributed by atoms with van der Waals surface area (Å²) in [6.45, 7) is 5.99. The van der Waals surface area contributed by atoms with Gasteiger partial charge >= 0.3 is 10.1 Å². The van der Waals surface area contributed by atoms with Crippen LogP contribution in [-0.4, -0.2) is 38.0 Å². The van der Waals surface area contributed by atoms with Crippen LogP contribution in [0.25, 0.3) is 10.9 Å². The third kappa shape index (κ3) is 4.88. The number of piperidine rings is 1. The average Bonchev–Trinajstić information content (AvgIpc) is 3.24. The molecule has 0 spiro atoms. The zero-order valence-electron chi connectivity index (χ0n) is 21.1. The fraction of sp³-hybridized carbons (Fsp3) is 0.310. The summed E-state index contributed by atoms with van der Waals surface area (Å²) in [6, 6.07) is 16.5. The first-order chi connectivity index (χ1) is 17.7. The van der Waals surface area contributed by atoms with Crippen molar-refractivity contribution in [1.29, 1.82) is 0 Å². The van der Waals surface area contributed by atoms with Gasteiger partial charge in [-0.3, -0.25) is 0 Å². The Bertz CT molecular complexity index is 1520. The molecule has 1 aromatic heterocycles. The summed E-state index contributed by atoms with van der Waals surface area (Å²) in [7, 11) is -2.61. The zero-order chi connectivity index (χ0) is 26.3. The van der Waals surface area contributed by atoms with Gasteiger partial charge in [0.1, 0.15) is 17.4 Å². The first kappa shape index (κ1) is 25.4. The van der Waals surface area contributed by atoms with Gasteiger partial charge in [-0.15, -0.1) is 0 Å². The Morgan fingerprint density at radius 3 is 2.27 bits per heavy atom. The summed E-state index contributed by atoms with van der Waals surface area (Å²) in [5, 5.41) is 0.900. The largest absolute Gasteiger partial charge is 0.379 e. The summed E-state index contributed by atoms with van der Waals surface area (Å²) in [5.74, 6) is -2.04. The van der Waals surface area contributed by atoms with Crippen LogP contribution in [0.2, 0.25) is 0 Å². The van der Waals surface area contributed by atoms with Crippen molar-refractivity contribution in [1.82, 2.24) is 9.47 Å². The predicted octanol–water partition coefficient (Wildman–Crippen LogP) is 6.41. The molecule has 1 saturated heterocycles. The van der Waals surface area contributed by atoms with Crippen LogP contribution in [0.15, 0.2) is 71.8 Å². The molecule has 0 bridgehead atoms. The molecule has 8 heteroatoms. The van der Waals surface area contributed by atoms with Crippen molar-refractivity contribution in [2.75, 3.05) is 20.1 Å². The van der Waals surface area contributed by atoms with Crippen LogP contribution < -0.4 is 4.18 Å². The fourth-order valence-electron chi connectivity index (χ4n) is 5.37. The second-order valence-electron chi connectivity index (χ2n) is 9.88. The zero-order valence-corrected chi connectivity index (χ0v) is 21.9. The molecular weight excluding hydrogens is 494 g/mol. The van der Waals surface area contributed by atoms with Crippen molar-refractivity contribution in [3.8, 4) is 5.75 Å². The number of benzene rings is 3. The number of aromatic nitrogens is 1. The van der Waals surface area contributed by atoms with Gasteiger partial charge in [0.25, 0.3) is 0 Å². The van der Waals surface area contributed by atoms with Crippen LogP contribution in [0.3, 0.4) is 0 Å². The highest BCUT2D eigenvalue weighted by molar-refractivity contribution is 7.87. The predicted molar refractivity (Wildman–Crippen MR) is 141 cm³/mol. The minimum Gasteiger partial charge on any atom is -0.379 e. The summed E-state index contributed by atoms with van der Waals surface area (Å²) < 4.78 is 61.9. The molecule has 5 nitrogen and oxygen atoms in total. The molecule has 0 amide bonds. The summed E-state index contributed by atoms with van der Waals surface area (Å²) in [4.78, 5) is 1.22. The molecule has 1 unspecified atom stereocenters. The van der Waals surface area contributed by atoms with Gasteiger partial charge < -0.3 is 13.7 Å². The lowest BCUT2D eigenvalue weighted by Gasteiger charge is -2.28. The molecule has 3 aromatic carbocycles. The van der Waals surface area contributed by atoms with Crippen molar-refractivity contribution < 1.29 is 21.4 Å². The number of aryl methyl sites for hydroxylation is 1. The summed E-state index contributed by atoms with van der Waals surface area (Å²) >= 11 is 0. The third-order valence-electron chi connectivity index (χ3n) is 7.35. The van der Waals surface area contributed by atoms with Crippen LogP contribution >= 0.6 is 0 Å². The Labute approximate surface area is 216 Å². The Kier molecular flexibility index (Phi) is 6.81. The third-order valence-corrected chi connectivity index (χ3v) is 8.66. The minimum atomic E-state index is -4.72. The van der Waals surface area contributed by atoms with E-state index in [1.165, 1.54) is 0 Å². The van der Waals surface area contributed by atoms with Gasteiger partial charge in [0.05, 0.1) is 11.6 Å². The molecule has 4 aromatic rings. The summed E-state index contributed by atoms with van der Waals surface area (Å²) in [5.41, 5.74) is 4.10. The topological polar surface area (TPSA) is 51.5 Å². The molecule has 0 saturated carbocycles. The number of halogens is 2. The second-order valence-corrected chi connectivity index (χ2v) is 11.4. The van der Waals surface area contributed by atoms with E-state index in [0.29, 0.717) is 5.92 Å². The van der Waals surface area contributed by atoms with Crippen molar-refractivity contribution >= 4 is 21.0 Å². The van der Waals surface area contributed by atoms with Gasteiger partial charge in [0, 0.05) is 11.6 Å². The Balaban J connectivity index is 1.63. The number of hydrogen-bond donors (Lipinski definition) is 0. The molecule has 0 radical (unpaired) electrons. The fourth-order valence-corrected chi connectivity index (χ4v) is 6.42. The Hall–Kier alpha value is -3.23. The second kappa shape index (κ2) is 9.91. The van der Waals surface area contributed by atoms with Gasteiger partial charge in [-0.25, -0.2) is 8.78 Å². The van der Waals surface area contributed by atoms with Gasteiger partial charge in [-0.2, -0.15) is 8.42 Å². The summed E-state index contributed by atoms with van der Waals surface area (Å²) in [6.07, 6.45) is 4.15. The molecule has 1 atom stereocenters. The van der Waals surface area contributed by atoms with E-state index in [0.717, 1.165) is 71.7 Å². The van der Waals surface area contributed by atoms with E-state index in [1.807, 2.05) is 25.1 Å². The van der Waals surface area contributed by atoms with Crippen LogP contribution in [0.1, 0.15) is 48.4 Å². The lowest BCUT2D eigenvalue weighted by atomic mass is 9.89. The maximum atomic E-state index is 14.3. The smallest absolute Gasteiger partial charge is 0.345 e. The quantitative estimate of drug-likeness (QED) is 0.273. The molecule has 194 valence electrons. The van der Waals surface area contributed by atoms with Gasteiger partial charge in [0.15, 0.2) is 4.90 Å². The van der Waals surface area contributed by atoms with E-state index < -0.39 is 26.6 Å². The van der Waals surface area contributed by atoms with Crippen LogP contribution in [-0.2, 0) is 10.1 Å². The number of hydrogen-bond acceptors (Lipinski definition) is 4. The van der Waals surface area contributed by atoms with Gasteiger partial charge in [-0.1, -0.05) is 36.4 Å². The monoisotopic (exact) mass is 524 g/mol. The Morgan fingerprint density at radius 1 is 0.973 bits per heavy atom. The SMILES string of the molecule is Cc1cc(OS(=O)(=O)c2c(F)cccc2F)cc2c(C3CCN(C)CC3)cn(C(C)c3ccccc3)c12. The molecule has 2 heterocycles. The Morgan fingerprint density at radius 2 is 1.62 bits per heavy atom. The number of fused-ring (bicyclic) bond motifs is 1. The van der Waals surface area contributed by atoms with Gasteiger partial charge in [-0.05, 0) is 93.7 Å². The van der Waals surface area contributed by atoms with E-state index >= 15 is 0 Å². The van der Waals surface area contributed by atoms with Crippen LogP contribution in [0.4, 0.5) is 8.78 Å². The van der Waals surface area contributed by atoms with Crippen molar-refractivity contribution in [3.63, 3.8) is 0 Å². The number of nitrogens with zero attached hydrogens (tertiary/aromatic N) is 2. The number of likely N-dealkylation sites (tertiary alicyclic amines) is 1. The van der Waals surface area contributed by atoms with E-state index in [1.54, 1.807) is 12.1 Å². The lowest BCUT2D eigenvalue weighted by molar-refractivity contribution is 0.256.